The van der Waals surface area contributed by atoms with Crippen LogP contribution in [0.3, 0.4) is 0 Å². The second-order valence-electron chi connectivity index (χ2n) is 7.67. The molecule has 0 radical (unpaired) electrons. The number of ether oxygens (including phenoxy) is 1. The van der Waals surface area contributed by atoms with Crippen molar-refractivity contribution in [2.75, 3.05) is 19.0 Å². The van der Waals surface area contributed by atoms with E-state index in [-0.39, 0.29) is 29.6 Å². The SMILES string of the molecule is COCC(=O)NCc1ccc(Cl)c(C(=O)Nc2cccc3c2cnn3-c2ccc(C(F)(F)F)nc2)c1. The number of hydrogen-bond donors (Lipinski definition) is 2. The minimum atomic E-state index is -4.55. The molecule has 2 aromatic heterocycles. The lowest BCUT2D eigenvalue weighted by molar-refractivity contribution is -0.141. The summed E-state index contributed by atoms with van der Waals surface area (Å²) in [5, 5.41) is 10.5. The quantitative estimate of drug-likeness (QED) is 0.373. The largest absolute Gasteiger partial charge is 0.433 e. The van der Waals surface area contributed by atoms with E-state index in [1.165, 1.54) is 24.1 Å². The molecule has 0 saturated carbocycles. The number of nitrogens with one attached hydrogen (secondary N) is 2. The molecule has 0 saturated heterocycles. The predicted molar refractivity (Wildman–Crippen MR) is 127 cm³/mol. The first-order valence-corrected chi connectivity index (χ1v) is 10.9. The van der Waals surface area contributed by atoms with Gasteiger partial charge in [0.2, 0.25) is 5.91 Å². The molecule has 8 nitrogen and oxygen atoms in total. The zero-order chi connectivity index (χ0) is 25.9. The first-order chi connectivity index (χ1) is 17.2. The summed E-state index contributed by atoms with van der Waals surface area (Å²) in [6.45, 7) is 0.102. The fourth-order valence-corrected chi connectivity index (χ4v) is 3.68. The highest BCUT2D eigenvalue weighted by molar-refractivity contribution is 6.34. The van der Waals surface area contributed by atoms with Crippen LogP contribution in [0.15, 0.2) is 60.9 Å². The van der Waals surface area contributed by atoms with Gasteiger partial charge in [0.1, 0.15) is 12.3 Å². The van der Waals surface area contributed by atoms with E-state index in [1.54, 1.807) is 36.4 Å². The average molecular weight is 518 g/mol. The number of carbonyl (C=O) groups is 2. The number of amides is 2. The van der Waals surface area contributed by atoms with Gasteiger partial charge in [0.25, 0.3) is 5.91 Å². The second-order valence-corrected chi connectivity index (χ2v) is 8.08. The third-order valence-electron chi connectivity index (χ3n) is 5.19. The fourth-order valence-electron chi connectivity index (χ4n) is 3.47. The van der Waals surface area contributed by atoms with Crippen molar-refractivity contribution in [3.63, 3.8) is 0 Å². The van der Waals surface area contributed by atoms with Crippen LogP contribution < -0.4 is 10.6 Å². The normalized spacial score (nSPS) is 11.5. The maximum atomic E-state index is 13.0. The van der Waals surface area contributed by atoms with E-state index >= 15 is 0 Å². The fraction of sp³-hybridized carbons (Fsp3) is 0.167. The van der Waals surface area contributed by atoms with Crippen molar-refractivity contribution in [2.45, 2.75) is 12.7 Å². The molecular formula is C24H19ClF3N5O3. The van der Waals surface area contributed by atoms with Crippen molar-refractivity contribution in [2.24, 2.45) is 0 Å². The monoisotopic (exact) mass is 517 g/mol. The summed E-state index contributed by atoms with van der Waals surface area (Å²) in [5.74, 6) is -0.785. The Kier molecular flexibility index (Phi) is 7.22. The van der Waals surface area contributed by atoms with Gasteiger partial charge in [-0.25, -0.2) is 9.67 Å². The Morgan fingerprint density at radius 3 is 2.61 bits per heavy atom. The Hall–Kier alpha value is -3.96. The predicted octanol–water partition coefficient (Wildman–Crippen LogP) is 4.61. The van der Waals surface area contributed by atoms with Crippen LogP contribution in [0.25, 0.3) is 16.6 Å². The van der Waals surface area contributed by atoms with Crippen molar-refractivity contribution in [1.82, 2.24) is 20.1 Å². The highest BCUT2D eigenvalue weighted by atomic mass is 35.5. The number of rotatable bonds is 7. The Labute approximate surface area is 208 Å². The average Bonchev–Trinajstić information content (AvgIpc) is 3.28. The molecule has 0 atom stereocenters. The van der Waals surface area contributed by atoms with Gasteiger partial charge in [0.15, 0.2) is 0 Å². The van der Waals surface area contributed by atoms with Gasteiger partial charge in [0, 0.05) is 19.0 Å². The number of benzene rings is 2. The van der Waals surface area contributed by atoms with Gasteiger partial charge < -0.3 is 15.4 Å². The third kappa shape index (κ3) is 5.47. The number of anilines is 1. The van der Waals surface area contributed by atoms with Crippen LogP contribution in [0, 0.1) is 0 Å². The molecule has 12 heteroatoms. The lowest BCUT2D eigenvalue weighted by Gasteiger charge is -2.11. The summed E-state index contributed by atoms with van der Waals surface area (Å²) in [5.41, 5.74) is 1.16. The summed E-state index contributed by atoms with van der Waals surface area (Å²) < 4.78 is 44.7. The zero-order valence-corrected chi connectivity index (χ0v) is 19.5. The van der Waals surface area contributed by atoms with Crippen LogP contribution in [-0.4, -0.2) is 40.3 Å². The van der Waals surface area contributed by atoms with Crippen molar-refractivity contribution in [1.29, 1.82) is 0 Å². The number of alkyl halides is 3. The van der Waals surface area contributed by atoms with Crippen LogP contribution >= 0.6 is 11.6 Å². The highest BCUT2D eigenvalue weighted by Gasteiger charge is 2.32. The number of hydrogen-bond acceptors (Lipinski definition) is 5. The van der Waals surface area contributed by atoms with Crippen LogP contribution in [0.4, 0.5) is 18.9 Å². The number of fused-ring (bicyclic) bond motifs is 1. The smallest absolute Gasteiger partial charge is 0.375 e. The van der Waals surface area contributed by atoms with E-state index in [2.05, 4.69) is 20.7 Å². The summed E-state index contributed by atoms with van der Waals surface area (Å²) in [7, 11) is 1.41. The number of methoxy groups -OCH3 is 1. The van der Waals surface area contributed by atoms with Crippen LogP contribution in [0.2, 0.25) is 5.02 Å². The number of aromatic nitrogens is 3. The molecule has 186 valence electrons. The van der Waals surface area contributed by atoms with E-state index in [0.29, 0.717) is 27.8 Å². The summed E-state index contributed by atoms with van der Waals surface area (Å²) >= 11 is 6.25. The van der Waals surface area contributed by atoms with E-state index in [9.17, 15) is 22.8 Å². The van der Waals surface area contributed by atoms with Gasteiger partial charge in [-0.1, -0.05) is 23.7 Å². The molecule has 0 spiro atoms. The molecule has 2 heterocycles. The molecule has 36 heavy (non-hydrogen) atoms. The maximum absolute atomic E-state index is 13.0. The highest BCUT2D eigenvalue weighted by Crippen LogP contribution is 2.30. The van der Waals surface area contributed by atoms with Crippen LogP contribution in [0.5, 0.6) is 0 Å². The Balaban J connectivity index is 1.57. The van der Waals surface area contributed by atoms with Crippen molar-refractivity contribution < 1.29 is 27.5 Å². The second kappa shape index (κ2) is 10.3. The first kappa shape index (κ1) is 25.1. The Morgan fingerprint density at radius 1 is 1.11 bits per heavy atom. The van der Waals surface area contributed by atoms with Gasteiger partial charge in [-0.2, -0.15) is 18.3 Å². The summed E-state index contributed by atoms with van der Waals surface area (Å²) in [6, 6.07) is 12.0. The van der Waals surface area contributed by atoms with Gasteiger partial charge in [0.05, 0.1) is 39.9 Å². The van der Waals surface area contributed by atoms with Gasteiger partial charge in [-0.05, 0) is 42.0 Å². The molecule has 4 aromatic rings. The molecule has 2 aromatic carbocycles. The van der Waals surface area contributed by atoms with E-state index in [1.807, 2.05) is 0 Å². The van der Waals surface area contributed by atoms with Gasteiger partial charge in [-0.15, -0.1) is 0 Å². The molecule has 0 aliphatic carbocycles. The Morgan fingerprint density at radius 2 is 1.92 bits per heavy atom. The molecule has 0 aliphatic heterocycles. The minimum absolute atomic E-state index is 0.0822. The van der Waals surface area contributed by atoms with Crippen LogP contribution in [-0.2, 0) is 22.3 Å². The van der Waals surface area contributed by atoms with Crippen LogP contribution in [0.1, 0.15) is 21.6 Å². The molecule has 0 aliphatic rings. The minimum Gasteiger partial charge on any atom is -0.375 e. The third-order valence-corrected chi connectivity index (χ3v) is 5.51. The summed E-state index contributed by atoms with van der Waals surface area (Å²) in [6.07, 6.45) is -1.97. The standard InChI is InChI=1S/C24H19ClF3N5O3/c1-36-13-22(34)30-10-14-5-7-18(25)16(9-14)23(35)32-19-3-2-4-20-17(19)12-31-33(20)15-6-8-21(29-11-15)24(26,27)28/h2-9,11-12H,10,13H2,1H3,(H,30,34)(H,32,35). The molecule has 2 N–H and O–H groups in total. The van der Waals surface area contributed by atoms with Gasteiger partial charge >= 0.3 is 6.18 Å². The van der Waals surface area contributed by atoms with E-state index in [0.717, 1.165) is 12.3 Å². The Bertz CT molecular complexity index is 1420. The molecule has 0 fully saturated rings. The number of halogens is 4. The maximum Gasteiger partial charge on any atom is 0.433 e. The van der Waals surface area contributed by atoms with Gasteiger partial charge in [-0.3, -0.25) is 9.59 Å². The number of nitrogens with zero attached hydrogens (tertiary/aromatic N) is 3. The molecular weight excluding hydrogens is 499 g/mol. The number of carbonyl (C=O) groups excluding carboxylic acids is 2. The van der Waals surface area contributed by atoms with Crippen molar-refractivity contribution in [3.05, 3.63) is 82.8 Å². The zero-order valence-electron chi connectivity index (χ0n) is 18.8. The molecule has 0 unspecified atom stereocenters. The lowest BCUT2D eigenvalue weighted by Crippen LogP contribution is -2.26. The molecule has 4 rings (SSSR count). The summed E-state index contributed by atoms with van der Waals surface area (Å²) in [4.78, 5) is 28.1. The first-order valence-electron chi connectivity index (χ1n) is 10.5. The topological polar surface area (TPSA) is 98.1 Å². The molecule has 2 amide bonds. The van der Waals surface area contributed by atoms with E-state index in [4.69, 9.17) is 16.3 Å². The molecule has 0 bridgehead atoms. The van der Waals surface area contributed by atoms with Crippen molar-refractivity contribution >= 4 is 40.0 Å². The lowest BCUT2D eigenvalue weighted by atomic mass is 10.1. The van der Waals surface area contributed by atoms with Crippen molar-refractivity contribution in [3.8, 4) is 5.69 Å². The van der Waals surface area contributed by atoms with E-state index < -0.39 is 17.8 Å². The number of pyridine rings is 1.